The topological polar surface area (TPSA) is 50.3 Å². The molecule has 3 aromatic rings. The zero-order chi connectivity index (χ0) is 15.0. The van der Waals surface area contributed by atoms with Crippen molar-refractivity contribution >= 4 is 5.65 Å². The van der Waals surface area contributed by atoms with Crippen LogP contribution in [-0.2, 0) is 0 Å². The highest BCUT2D eigenvalue weighted by Crippen LogP contribution is 2.33. The molecule has 21 heavy (non-hydrogen) atoms. The standard InChI is InChI=1S/C17H15N3O/c1-11-6-7-15(21-3)13(9-11)16-14(10-18)20-8-4-5-12(2)17(20)19-16/h4-9H,1-3H3. The predicted octanol–water partition coefficient (Wildman–Crippen LogP) is 3.50. The molecule has 0 bridgehead atoms. The average molecular weight is 277 g/mol. The van der Waals surface area contributed by atoms with Crippen molar-refractivity contribution in [1.29, 1.82) is 5.26 Å². The zero-order valence-electron chi connectivity index (χ0n) is 12.2. The molecule has 3 rings (SSSR count). The first-order valence-corrected chi connectivity index (χ1v) is 6.68. The zero-order valence-corrected chi connectivity index (χ0v) is 12.2. The molecule has 0 atom stereocenters. The van der Waals surface area contributed by atoms with Crippen LogP contribution in [0.4, 0.5) is 0 Å². The summed E-state index contributed by atoms with van der Waals surface area (Å²) in [6.45, 7) is 4.00. The SMILES string of the molecule is COc1ccc(C)cc1-c1nc2c(C)cccn2c1C#N. The second kappa shape index (κ2) is 4.95. The number of hydrogen-bond donors (Lipinski definition) is 0. The fourth-order valence-corrected chi connectivity index (χ4v) is 2.51. The van der Waals surface area contributed by atoms with E-state index < -0.39 is 0 Å². The number of hydrogen-bond acceptors (Lipinski definition) is 3. The average Bonchev–Trinajstić information content (AvgIpc) is 2.87. The van der Waals surface area contributed by atoms with Crippen molar-refractivity contribution < 1.29 is 4.74 Å². The molecule has 2 aromatic heterocycles. The molecule has 0 aliphatic carbocycles. The van der Waals surface area contributed by atoms with Crippen molar-refractivity contribution in [3.63, 3.8) is 0 Å². The Balaban J connectivity index is 2.38. The van der Waals surface area contributed by atoms with Crippen molar-refractivity contribution in [2.45, 2.75) is 13.8 Å². The summed E-state index contributed by atoms with van der Waals surface area (Å²) < 4.78 is 7.25. The largest absolute Gasteiger partial charge is 0.496 e. The molecule has 2 heterocycles. The molecular weight excluding hydrogens is 262 g/mol. The van der Waals surface area contributed by atoms with Gasteiger partial charge in [0.1, 0.15) is 23.2 Å². The van der Waals surface area contributed by atoms with E-state index in [0.29, 0.717) is 11.4 Å². The van der Waals surface area contributed by atoms with Crippen LogP contribution in [0, 0.1) is 25.2 Å². The first-order valence-electron chi connectivity index (χ1n) is 6.68. The molecule has 0 N–H and O–H groups in total. The van der Waals surface area contributed by atoms with Gasteiger partial charge < -0.3 is 4.74 Å². The van der Waals surface area contributed by atoms with Crippen LogP contribution in [0.1, 0.15) is 16.8 Å². The summed E-state index contributed by atoms with van der Waals surface area (Å²) in [5, 5.41) is 9.54. The third kappa shape index (κ3) is 2.03. The van der Waals surface area contributed by atoms with Gasteiger partial charge in [0.2, 0.25) is 0 Å². The highest BCUT2D eigenvalue weighted by molar-refractivity contribution is 5.75. The van der Waals surface area contributed by atoms with E-state index in [0.717, 1.165) is 28.1 Å². The van der Waals surface area contributed by atoms with E-state index in [-0.39, 0.29) is 0 Å². The maximum absolute atomic E-state index is 9.54. The molecule has 4 heteroatoms. The number of nitrogens with zero attached hydrogens (tertiary/aromatic N) is 3. The van der Waals surface area contributed by atoms with Crippen molar-refractivity contribution in [1.82, 2.24) is 9.38 Å². The molecule has 0 radical (unpaired) electrons. The van der Waals surface area contributed by atoms with E-state index in [2.05, 4.69) is 11.1 Å². The lowest BCUT2D eigenvalue weighted by atomic mass is 10.1. The Labute approximate surface area is 123 Å². The molecule has 0 amide bonds. The van der Waals surface area contributed by atoms with E-state index in [4.69, 9.17) is 4.74 Å². The van der Waals surface area contributed by atoms with Gasteiger partial charge in [0.05, 0.1) is 7.11 Å². The van der Waals surface area contributed by atoms with Gasteiger partial charge in [-0.2, -0.15) is 5.26 Å². The van der Waals surface area contributed by atoms with E-state index in [1.165, 1.54) is 0 Å². The molecule has 0 saturated heterocycles. The Morgan fingerprint density at radius 2 is 2.05 bits per heavy atom. The van der Waals surface area contributed by atoms with Crippen LogP contribution in [-0.4, -0.2) is 16.5 Å². The number of benzene rings is 1. The Morgan fingerprint density at radius 3 is 2.76 bits per heavy atom. The Hall–Kier alpha value is -2.80. The Bertz CT molecular complexity index is 872. The highest BCUT2D eigenvalue weighted by atomic mass is 16.5. The molecule has 0 aliphatic rings. The lowest BCUT2D eigenvalue weighted by molar-refractivity contribution is 0.416. The first kappa shape index (κ1) is 13.2. The van der Waals surface area contributed by atoms with E-state index in [1.807, 2.05) is 54.8 Å². The number of aryl methyl sites for hydroxylation is 2. The summed E-state index contributed by atoms with van der Waals surface area (Å²) in [7, 11) is 1.63. The summed E-state index contributed by atoms with van der Waals surface area (Å²) in [5.41, 5.74) is 4.96. The predicted molar refractivity (Wildman–Crippen MR) is 81.4 cm³/mol. The number of methoxy groups -OCH3 is 1. The monoisotopic (exact) mass is 277 g/mol. The van der Waals surface area contributed by atoms with Gasteiger partial charge in [-0.25, -0.2) is 4.98 Å². The van der Waals surface area contributed by atoms with Crippen LogP contribution < -0.4 is 4.74 Å². The fourth-order valence-electron chi connectivity index (χ4n) is 2.51. The van der Waals surface area contributed by atoms with E-state index in [9.17, 15) is 5.26 Å². The molecule has 0 saturated carbocycles. The van der Waals surface area contributed by atoms with Gasteiger partial charge in [0, 0.05) is 11.8 Å². The Kier molecular flexibility index (Phi) is 3.11. The van der Waals surface area contributed by atoms with Gasteiger partial charge in [-0.3, -0.25) is 4.40 Å². The quantitative estimate of drug-likeness (QED) is 0.720. The Morgan fingerprint density at radius 1 is 1.24 bits per heavy atom. The van der Waals surface area contributed by atoms with Crippen LogP contribution in [0.25, 0.3) is 16.9 Å². The minimum Gasteiger partial charge on any atom is -0.496 e. The summed E-state index contributed by atoms with van der Waals surface area (Å²) in [6.07, 6.45) is 1.86. The maximum atomic E-state index is 9.54. The lowest BCUT2D eigenvalue weighted by Crippen LogP contribution is -1.92. The summed E-state index contributed by atoms with van der Waals surface area (Å²) >= 11 is 0. The van der Waals surface area contributed by atoms with Gasteiger partial charge in [-0.15, -0.1) is 0 Å². The molecule has 4 nitrogen and oxygen atoms in total. The lowest BCUT2D eigenvalue weighted by Gasteiger charge is -2.07. The number of aromatic nitrogens is 2. The van der Waals surface area contributed by atoms with Crippen LogP contribution in [0.15, 0.2) is 36.5 Å². The van der Waals surface area contributed by atoms with Gasteiger partial charge in [-0.1, -0.05) is 17.7 Å². The van der Waals surface area contributed by atoms with E-state index in [1.54, 1.807) is 7.11 Å². The highest BCUT2D eigenvalue weighted by Gasteiger charge is 2.18. The fraction of sp³-hybridized carbons (Fsp3) is 0.176. The molecule has 0 aliphatic heterocycles. The second-order valence-corrected chi connectivity index (χ2v) is 5.01. The van der Waals surface area contributed by atoms with Crippen molar-refractivity contribution in [3.8, 4) is 23.1 Å². The summed E-state index contributed by atoms with van der Waals surface area (Å²) in [6, 6.07) is 12.0. The maximum Gasteiger partial charge on any atom is 0.152 e. The normalized spacial score (nSPS) is 10.6. The third-order valence-electron chi connectivity index (χ3n) is 3.56. The molecule has 0 fully saturated rings. The smallest absolute Gasteiger partial charge is 0.152 e. The number of rotatable bonds is 2. The third-order valence-corrected chi connectivity index (χ3v) is 3.56. The number of ether oxygens (including phenoxy) is 1. The minimum absolute atomic E-state index is 0.526. The minimum atomic E-state index is 0.526. The number of pyridine rings is 1. The van der Waals surface area contributed by atoms with Crippen LogP contribution in [0.3, 0.4) is 0 Å². The van der Waals surface area contributed by atoms with Crippen molar-refractivity contribution in [2.24, 2.45) is 0 Å². The number of imidazole rings is 1. The molecule has 0 spiro atoms. The van der Waals surface area contributed by atoms with Gasteiger partial charge >= 0.3 is 0 Å². The van der Waals surface area contributed by atoms with Gasteiger partial charge in [0.25, 0.3) is 0 Å². The van der Waals surface area contributed by atoms with Gasteiger partial charge in [-0.05, 0) is 37.6 Å². The van der Waals surface area contributed by atoms with Gasteiger partial charge in [0.15, 0.2) is 5.69 Å². The van der Waals surface area contributed by atoms with Crippen LogP contribution in [0.2, 0.25) is 0 Å². The molecule has 0 unspecified atom stereocenters. The second-order valence-electron chi connectivity index (χ2n) is 5.01. The summed E-state index contributed by atoms with van der Waals surface area (Å²) in [5.74, 6) is 0.721. The van der Waals surface area contributed by atoms with Crippen LogP contribution >= 0.6 is 0 Å². The van der Waals surface area contributed by atoms with Crippen LogP contribution in [0.5, 0.6) is 5.75 Å². The molecule has 104 valence electrons. The van der Waals surface area contributed by atoms with E-state index >= 15 is 0 Å². The van der Waals surface area contributed by atoms with Crippen molar-refractivity contribution in [3.05, 3.63) is 53.3 Å². The molecule has 1 aromatic carbocycles. The van der Waals surface area contributed by atoms with Crippen molar-refractivity contribution in [2.75, 3.05) is 7.11 Å². The number of nitriles is 1. The summed E-state index contributed by atoms with van der Waals surface area (Å²) in [4.78, 5) is 4.66. The first-order chi connectivity index (χ1) is 10.2. The number of fused-ring (bicyclic) bond motifs is 1. The molecular formula is C17H15N3O.